The van der Waals surface area contributed by atoms with E-state index in [0.717, 1.165) is 24.3 Å². The van der Waals surface area contributed by atoms with Crippen molar-refractivity contribution in [2.75, 3.05) is 0 Å². The second-order valence-corrected chi connectivity index (χ2v) is 4.35. The van der Waals surface area contributed by atoms with Crippen molar-refractivity contribution in [1.82, 2.24) is 0 Å². The molecule has 0 aliphatic carbocycles. The van der Waals surface area contributed by atoms with Crippen molar-refractivity contribution < 1.29 is 26.7 Å². The van der Waals surface area contributed by atoms with Crippen molar-refractivity contribution in [2.24, 2.45) is 0 Å². The standard InChI is InChI=1S/C15H11F5O/c1-2-9-7-14(17)12(8-13(9)16)10-3-5-11(6-4-10)21-15(18,19)20/h3-8H,2H2,1H3. The van der Waals surface area contributed by atoms with E-state index in [4.69, 9.17) is 0 Å². The predicted octanol–water partition coefficient (Wildman–Crippen LogP) is 5.09. The fraction of sp³-hybridized carbons (Fsp3) is 0.200. The third kappa shape index (κ3) is 3.71. The van der Waals surface area contributed by atoms with Gasteiger partial charge in [0.1, 0.15) is 17.4 Å². The van der Waals surface area contributed by atoms with Gasteiger partial charge in [-0.05, 0) is 41.8 Å². The lowest BCUT2D eigenvalue weighted by Gasteiger charge is -2.10. The predicted molar refractivity (Wildman–Crippen MR) is 67.9 cm³/mol. The van der Waals surface area contributed by atoms with Gasteiger partial charge in [0.25, 0.3) is 0 Å². The summed E-state index contributed by atoms with van der Waals surface area (Å²) >= 11 is 0. The topological polar surface area (TPSA) is 9.23 Å². The zero-order valence-corrected chi connectivity index (χ0v) is 11.0. The number of aryl methyl sites for hydroxylation is 1. The molecule has 0 saturated carbocycles. The Hall–Kier alpha value is -2.11. The van der Waals surface area contributed by atoms with Crippen LogP contribution in [0.15, 0.2) is 36.4 Å². The molecule has 0 unspecified atom stereocenters. The molecule has 0 heterocycles. The van der Waals surface area contributed by atoms with E-state index in [1.807, 2.05) is 0 Å². The Bertz CT molecular complexity index is 632. The molecule has 2 aromatic carbocycles. The van der Waals surface area contributed by atoms with Crippen molar-refractivity contribution in [3.63, 3.8) is 0 Å². The lowest BCUT2D eigenvalue weighted by molar-refractivity contribution is -0.274. The van der Waals surface area contributed by atoms with Gasteiger partial charge in [0.2, 0.25) is 0 Å². The molecule has 2 aromatic rings. The Balaban J connectivity index is 2.33. The van der Waals surface area contributed by atoms with Gasteiger partial charge < -0.3 is 4.74 Å². The highest BCUT2D eigenvalue weighted by molar-refractivity contribution is 5.65. The van der Waals surface area contributed by atoms with Gasteiger partial charge in [-0.3, -0.25) is 0 Å². The summed E-state index contributed by atoms with van der Waals surface area (Å²) in [6.45, 7) is 1.70. The van der Waals surface area contributed by atoms with Crippen LogP contribution in [-0.2, 0) is 6.42 Å². The maximum absolute atomic E-state index is 13.9. The van der Waals surface area contributed by atoms with E-state index in [-0.39, 0.29) is 16.7 Å². The molecule has 1 nitrogen and oxygen atoms in total. The molecule has 112 valence electrons. The normalized spacial score (nSPS) is 11.5. The number of hydrogen-bond donors (Lipinski definition) is 0. The molecule has 0 fully saturated rings. The number of halogens is 5. The van der Waals surface area contributed by atoms with Crippen molar-refractivity contribution in [2.45, 2.75) is 19.7 Å². The summed E-state index contributed by atoms with van der Waals surface area (Å²) in [6, 6.07) is 6.70. The SMILES string of the molecule is CCc1cc(F)c(-c2ccc(OC(F)(F)F)cc2)cc1F. The second-order valence-electron chi connectivity index (χ2n) is 4.35. The van der Waals surface area contributed by atoms with E-state index in [1.54, 1.807) is 6.92 Å². The van der Waals surface area contributed by atoms with Crippen LogP contribution in [0.2, 0.25) is 0 Å². The van der Waals surface area contributed by atoms with Gasteiger partial charge in [0.15, 0.2) is 0 Å². The fourth-order valence-electron chi connectivity index (χ4n) is 1.92. The highest BCUT2D eigenvalue weighted by atomic mass is 19.4. The second kappa shape index (κ2) is 5.71. The highest BCUT2D eigenvalue weighted by Gasteiger charge is 2.31. The van der Waals surface area contributed by atoms with Crippen LogP contribution in [0.4, 0.5) is 22.0 Å². The number of alkyl halides is 3. The summed E-state index contributed by atoms with van der Waals surface area (Å²) in [5, 5.41) is 0. The van der Waals surface area contributed by atoms with E-state index in [2.05, 4.69) is 4.74 Å². The largest absolute Gasteiger partial charge is 0.573 e. The minimum Gasteiger partial charge on any atom is -0.406 e. The molecule has 0 aliphatic heterocycles. The average molecular weight is 302 g/mol. The Morgan fingerprint density at radius 3 is 2.10 bits per heavy atom. The molecule has 0 amide bonds. The van der Waals surface area contributed by atoms with Gasteiger partial charge in [-0.1, -0.05) is 19.1 Å². The Morgan fingerprint density at radius 2 is 1.57 bits per heavy atom. The summed E-state index contributed by atoms with van der Waals surface area (Å²) in [6.07, 6.45) is -4.44. The maximum atomic E-state index is 13.9. The van der Waals surface area contributed by atoms with Gasteiger partial charge in [0.05, 0.1) is 0 Å². The lowest BCUT2D eigenvalue weighted by atomic mass is 10.0. The molecule has 0 N–H and O–H groups in total. The van der Waals surface area contributed by atoms with Crippen molar-refractivity contribution in [3.8, 4) is 16.9 Å². The van der Waals surface area contributed by atoms with Crippen LogP contribution in [0.25, 0.3) is 11.1 Å². The number of rotatable bonds is 3. The summed E-state index contributed by atoms with van der Waals surface area (Å²) in [4.78, 5) is 0. The van der Waals surface area contributed by atoms with E-state index in [1.165, 1.54) is 12.1 Å². The first-order chi connectivity index (χ1) is 9.80. The number of hydrogen-bond acceptors (Lipinski definition) is 1. The molecule has 0 radical (unpaired) electrons. The molecule has 0 aromatic heterocycles. The summed E-state index contributed by atoms with van der Waals surface area (Å²) < 4.78 is 67.4. The molecule has 0 saturated heterocycles. The zero-order chi connectivity index (χ0) is 15.6. The molecule has 0 atom stereocenters. The molecule has 0 bridgehead atoms. The lowest BCUT2D eigenvalue weighted by Crippen LogP contribution is -2.16. The monoisotopic (exact) mass is 302 g/mol. The van der Waals surface area contributed by atoms with Crippen molar-refractivity contribution in [3.05, 3.63) is 53.6 Å². The van der Waals surface area contributed by atoms with Crippen LogP contribution >= 0.6 is 0 Å². The molecule has 0 spiro atoms. The van der Waals surface area contributed by atoms with E-state index in [9.17, 15) is 22.0 Å². The molecule has 6 heteroatoms. The zero-order valence-electron chi connectivity index (χ0n) is 11.0. The smallest absolute Gasteiger partial charge is 0.406 e. The van der Waals surface area contributed by atoms with Crippen LogP contribution in [0.3, 0.4) is 0 Å². The highest BCUT2D eigenvalue weighted by Crippen LogP contribution is 2.29. The minimum absolute atomic E-state index is 0.0109. The van der Waals surface area contributed by atoms with E-state index in [0.29, 0.717) is 6.42 Å². The average Bonchev–Trinajstić information content (AvgIpc) is 2.40. The third-order valence-corrected chi connectivity index (χ3v) is 2.92. The summed E-state index contributed by atoms with van der Waals surface area (Å²) in [5.41, 5.74) is 0.500. The Morgan fingerprint density at radius 1 is 0.952 bits per heavy atom. The van der Waals surface area contributed by atoms with Crippen molar-refractivity contribution >= 4 is 0 Å². The Labute approximate surface area is 118 Å². The first kappa shape index (κ1) is 15.3. The van der Waals surface area contributed by atoms with E-state index >= 15 is 0 Å². The van der Waals surface area contributed by atoms with Gasteiger partial charge in [-0.2, -0.15) is 0 Å². The van der Waals surface area contributed by atoms with Crippen LogP contribution in [0.5, 0.6) is 5.75 Å². The van der Waals surface area contributed by atoms with Gasteiger partial charge in [-0.25, -0.2) is 8.78 Å². The van der Waals surface area contributed by atoms with Crippen LogP contribution in [0.1, 0.15) is 12.5 Å². The quantitative estimate of drug-likeness (QED) is 0.717. The first-order valence-electron chi connectivity index (χ1n) is 6.14. The van der Waals surface area contributed by atoms with Crippen LogP contribution in [-0.4, -0.2) is 6.36 Å². The molecular weight excluding hydrogens is 291 g/mol. The first-order valence-corrected chi connectivity index (χ1v) is 6.14. The molecular formula is C15H11F5O. The Kier molecular flexibility index (Phi) is 4.16. The molecule has 2 rings (SSSR count). The summed E-state index contributed by atoms with van der Waals surface area (Å²) in [5.74, 6) is -1.60. The minimum atomic E-state index is -4.79. The van der Waals surface area contributed by atoms with Crippen LogP contribution < -0.4 is 4.74 Å². The molecule has 21 heavy (non-hydrogen) atoms. The van der Waals surface area contributed by atoms with E-state index < -0.39 is 23.7 Å². The summed E-state index contributed by atoms with van der Waals surface area (Å²) in [7, 11) is 0. The third-order valence-electron chi connectivity index (χ3n) is 2.92. The van der Waals surface area contributed by atoms with Crippen molar-refractivity contribution in [1.29, 1.82) is 0 Å². The number of ether oxygens (including phenoxy) is 1. The van der Waals surface area contributed by atoms with Gasteiger partial charge >= 0.3 is 6.36 Å². The van der Waals surface area contributed by atoms with Gasteiger partial charge in [0, 0.05) is 5.56 Å². The number of benzene rings is 2. The molecule has 0 aliphatic rings. The maximum Gasteiger partial charge on any atom is 0.573 e. The van der Waals surface area contributed by atoms with Crippen LogP contribution in [0, 0.1) is 11.6 Å². The fourth-order valence-corrected chi connectivity index (χ4v) is 1.92. The van der Waals surface area contributed by atoms with Gasteiger partial charge in [-0.15, -0.1) is 13.2 Å².